The van der Waals surface area contributed by atoms with E-state index in [1.807, 2.05) is 5.41 Å². The third-order valence-electron chi connectivity index (χ3n) is 2.10. The molecule has 0 N–H and O–H groups in total. The van der Waals surface area contributed by atoms with Gasteiger partial charge in [0.05, 0.1) is 24.4 Å². The molecule has 0 fully saturated rings. The molecule has 2 nitrogen and oxygen atoms in total. The van der Waals surface area contributed by atoms with Gasteiger partial charge in [0.25, 0.3) is 0 Å². The van der Waals surface area contributed by atoms with E-state index in [0.717, 1.165) is 18.8 Å². The lowest BCUT2D eigenvalue weighted by Gasteiger charge is -2.29. The normalized spacial score (nSPS) is 14.1. The van der Waals surface area contributed by atoms with E-state index in [0.29, 0.717) is 0 Å². The van der Waals surface area contributed by atoms with Crippen LogP contribution in [0.2, 0.25) is 0 Å². The first-order valence-corrected chi connectivity index (χ1v) is 6.94. The standard InChI is InChI=1S/C13H26O2S/c1-7-16-9-8-14-13(5,6)10-12(4)15-11(2)3/h7,11-12H,1,8-10H2,2-6H3. The molecule has 96 valence electrons. The molecule has 0 aromatic heterocycles. The van der Waals surface area contributed by atoms with E-state index in [-0.39, 0.29) is 17.8 Å². The molecule has 0 amide bonds. The number of rotatable bonds is 9. The number of ether oxygens (including phenoxy) is 2. The van der Waals surface area contributed by atoms with Crippen LogP contribution in [-0.2, 0) is 9.47 Å². The molecule has 3 heteroatoms. The zero-order chi connectivity index (χ0) is 12.6. The van der Waals surface area contributed by atoms with Crippen molar-refractivity contribution in [3.05, 3.63) is 12.0 Å². The Balaban J connectivity index is 3.79. The fourth-order valence-electron chi connectivity index (χ4n) is 1.71. The van der Waals surface area contributed by atoms with Crippen LogP contribution in [0.15, 0.2) is 12.0 Å². The molecule has 0 aliphatic rings. The van der Waals surface area contributed by atoms with Crippen LogP contribution >= 0.6 is 11.8 Å². The van der Waals surface area contributed by atoms with Gasteiger partial charge in [-0.2, -0.15) is 0 Å². The Hall–Kier alpha value is 0.01000. The highest BCUT2D eigenvalue weighted by molar-refractivity contribution is 8.02. The average Bonchev–Trinajstić information content (AvgIpc) is 2.10. The molecule has 0 spiro atoms. The van der Waals surface area contributed by atoms with E-state index in [2.05, 4.69) is 41.2 Å². The third kappa shape index (κ3) is 9.25. The molecule has 0 aromatic rings. The quantitative estimate of drug-likeness (QED) is 0.576. The van der Waals surface area contributed by atoms with Gasteiger partial charge >= 0.3 is 0 Å². The van der Waals surface area contributed by atoms with Crippen molar-refractivity contribution in [1.82, 2.24) is 0 Å². The lowest BCUT2D eigenvalue weighted by molar-refractivity contribution is -0.0683. The van der Waals surface area contributed by atoms with Crippen LogP contribution in [0, 0.1) is 0 Å². The zero-order valence-electron chi connectivity index (χ0n) is 11.3. The Morgan fingerprint density at radius 3 is 2.44 bits per heavy atom. The van der Waals surface area contributed by atoms with Gasteiger partial charge in [-0.05, 0) is 40.0 Å². The minimum absolute atomic E-state index is 0.115. The van der Waals surface area contributed by atoms with Crippen LogP contribution in [0.1, 0.15) is 41.0 Å². The van der Waals surface area contributed by atoms with Crippen LogP contribution in [0.5, 0.6) is 0 Å². The second-order valence-electron chi connectivity index (χ2n) is 4.85. The molecule has 0 saturated carbocycles. The van der Waals surface area contributed by atoms with Crippen LogP contribution in [0.3, 0.4) is 0 Å². The van der Waals surface area contributed by atoms with Gasteiger partial charge < -0.3 is 9.47 Å². The van der Waals surface area contributed by atoms with E-state index in [9.17, 15) is 0 Å². The fraction of sp³-hybridized carbons (Fsp3) is 0.846. The molecule has 0 bridgehead atoms. The maximum Gasteiger partial charge on any atom is 0.0651 e. The summed E-state index contributed by atoms with van der Waals surface area (Å²) in [5.74, 6) is 0.965. The summed E-state index contributed by atoms with van der Waals surface area (Å²) < 4.78 is 11.5. The second-order valence-corrected chi connectivity index (χ2v) is 5.92. The molecule has 16 heavy (non-hydrogen) atoms. The summed E-state index contributed by atoms with van der Waals surface area (Å²) in [5, 5.41) is 1.85. The topological polar surface area (TPSA) is 18.5 Å². The molecular weight excluding hydrogens is 220 g/mol. The van der Waals surface area contributed by atoms with Crippen molar-refractivity contribution < 1.29 is 9.47 Å². The summed E-state index contributed by atoms with van der Waals surface area (Å²) in [7, 11) is 0. The van der Waals surface area contributed by atoms with E-state index in [1.165, 1.54) is 0 Å². The lowest BCUT2D eigenvalue weighted by atomic mass is 10.0. The Labute approximate surface area is 105 Å². The highest BCUT2D eigenvalue weighted by Gasteiger charge is 2.22. The lowest BCUT2D eigenvalue weighted by Crippen LogP contribution is -2.32. The first kappa shape index (κ1) is 16.0. The van der Waals surface area contributed by atoms with Crippen molar-refractivity contribution in [3.63, 3.8) is 0 Å². The number of hydrogen-bond donors (Lipinski definition) is 0. The molecule has 1 unspecified atom stereocenters. The highest BCUT2D eigenvalue weighted by atomic mass is 32.2. The van der Waals surface area contributed by atoms with Gasteiger partial charge in [-0.1, -0.05) is 6.58 Å². The van der Waals surface area contributed by atoms with Crippen LogP contribution in [-0.4, -0.2) is 30.2 Å². The zero-order valence-corrected chi connectivity index (χ0v) is 12.1. The molecule has 0 saturated heterocycles. The fourth-order valence-corrected chi connectivity index (χ4v) is 2.06. The van der Waals surface area contributed by atoms with Crippen molar-refractivity contribution in [2.24, 2.45) is 0 Å². The minimum Gasteiger partial charge on any atom is -0.376 e. The second kappa shape index (κ2) is 8.15. The summed E-state index contributed by atoms with van der Waals surface area (Å²) in [5.41, 5.74) is -0.115. The maximum atomic E-state index is 5.84. The van der Waals surface area contributed by atoms with Gasteiger partial charge in [-0.15, -0.1) is 11.8 Å². The Kier molecular flexibility index (Phi) is 8.16. The molecule has 0 aliphatic heterocycles. The predicted octanol–water partition coefficient (Wildman–Crippen LogP) is 3.86. The smallest absolute Gasteiger partial charge is 0.0651 e. The molecular formula is C13H26O2S. The first-order chi connectivity index (χ1) is 7.37. The Bertz CT molecular complexity index is 190. The van der Waals surface area contributed by atoms with Crippen molar-refractivity contribution in [2.45, 2.75) is 58.8 Å². The summed E-state index contributed by atoms with van der Waals surface area (Å²) >= 11 is 1.69. The Morgan fingerprint density at radius 1 is 1.31 bits per heavy atom. The number of thioether (sulfide) groups is 1. The molecule has 0 radical (unpaired) electrons. The van der Waals surface area contributed by atoms with Crippen molar-refractivity contribution in [1.29, 1.82) is 0 Å². The monoisotopic (exact) mass is 246 g/mol. The van der Waals surface area contributed by atoms with E-state index >= 15 is 0 Å². The Morgan fingerprint density at radius 2 is 1.94 bits per heavy atom. The van der Waals surface area contributed by atoms with Crippen molar-refractivity contribution in [2.75, 3.05) is 12.4 Å². The highest BCUT2D eigenvalue weighted by Crippen LogP contribution is 2.19. The van der Waals surface area contributed by atoms with Crippen LogP contribution in [0.25, 0.3) is 0 Å². The summed E-state index contributed by atoms with van der Waals surface area (Å²) in [6.07, 6.45) is 1.44. The van der Waals surface area contributed by atoms with Gasteiger partial charge in [0.1, 0.15) is 0 Å². The molecule has 1 atom stereocenters. The van der Waals surface area contributed by atoms with Crippen molar-refractivity contribution in [3.8, 4) is 0 Å². The van der Waals surface area contributed by atoms with Crippen molar-refractivity contribution >= 4 is 11.8 Å². The third-order valence-corrected chi connectivity index (χ3v) is 2.73. The molecule has 0 aromatic carbocycles. The first-order valence-electron chi connectivity index (χ1n) is 5.89. The average molecular weight is 246 g/mol. The minimum atomic E-state index is -0.115. The summed E-state index contributed by atoms with van der Waals surface area (Å²) in [6.45, 7) is 14.9. The largest absolute Gasteiger partial charge is 0.376 e. The van der Waals surface area contributed by atoms with E-state index < -0.39 is 0 Å². The van der Waals surface area contributed by atoms with Crippen LogP contribution < -0.4 is 0 Å². The predicted molar refractivity (Wildman–Crippen MR) is 73.0 cm³/mol. The maximum absolute atomic E-state index is 5.84. The SMILES string of the molecule is C=CSCCOC(C)(C)CC(C)OC(C)C. The van der Waals surface area contributed by atoms with E-state index in [1.54, 1.807) is 11.8 Å². The molecule has 0 rings (SSSR count). The van der Waals surface area contributed by atoms with Gasteiger partial charge in [-0.3, -0.25) is 0 Å². The van der Waals surface area contributed by atoms with E-state index in [4.69, 9.17) is 9.47 Å². The van der Waals surface area contributed by atoms with Gasteiger partial charge in [-0.25, -0.2) is 0 Å². The number of hydrogen-bond acceptors (Lipinski definition) is 3. The summed E-state index contributed by atoms with van der Waals surface area (Å²) in [4.78, 5) is 0. The summed E-state index contributed by atoms with van der Waals surface area (Å²) in [6, 6.07) is 0. The molecule has 0 heterocycles. The molecule has 0 aliphatic carbocycles. The van der Waals surface area contributed by atoms with Gasteiger partial charge in [0.2, 0.25) is 0 Å². The van der Waals surface area contributed by atoms with Crippen LogP contribution in [0.4, 0.5) is 0 Å². The van der Waals surface area contributed by atoms with Gasteiger partial charge in [0.15, 0.2) is 0 Å². The van der Waals surface area contributed by atoms with Gasteiger partial charge in [0, 0.05) is 12.2 Å².